The fourth-order valence-electron chi connectivity index (χ4n) is 3.76. The molecule has 28 heavy (non-hydrogen) atoms. The van der Waals surface area contributed by atoms with Crippen LogP contribution in [0, 0.1) is 6.92 Å². The monoisotopic (exact) mass is 379 g/mol. The highest BCUT2D eigenvalue weighted by molar-refractivity contribution is 5.76. The van der Waals surface area contributed by atoms with Crippen LogP contribution in [0.5, 0.6) is 0 Å². The molecule has 1 aliphatic rings. The standard InChI is InChI=1S/C21H25N5O2/c1-16-14-22-25(15-16)13-11-20(27)26-12-5-8-18(26)9-10-19-23-21(28-24-19)17-6-3-2-4-7-17/h2-4,6-7,14-15,18H,5,8-13H2,1H3. The Morgan fingerprint density at radius 3 is 2.93 bits per heavy atom. The van der Waals surface area contributed by atoms with Gasteiger partial charge in [-0.25, -0.2) is 0 Å². The maximum absolute atomic E-state index is 12.7. The molecule has 1 amide bonds. The molecular weight excluding hydrogens is 354 g/mol. The van der Waals surface area contributed by atoms with Crippen LogP contribution in [0.1, 0.15) is 37.1 Å². The van der Waals surface area contributed by atoms with Gasteiger partial charge in [-0.15, -0.1) is 0 Å². The van der Waals surface area contributed by atoms with Crippen molar-refractivity contribution < 1.29 is 9.32 Å². The average molecular weight is 379 g/mol. The molecule has 7 nitrogen and oxygen atoms in total. The van der Waals surface area contributed by atoms with Crippen molar-refractivity contribution in [2.45, 2.75) is 51.6 Å². The second kappa shape index (κ2) is 8.37. The Balaban J connectivity index is 1.30. The molecule has 0 bridgehead atoms. The summed E-state index contributed by atoms with van der Waals surface area (Å²) in [6.07, 6.45) is 7.93. The molecule has 2 aromatic heterocycles. The summed E-state index contributed by atoms with van der Waals surface area (Å²) in [5, 5.41) is 8.36. The average Bonchev–Trinajstić information content (AvgIpc) is 3.46. The van der Waals surface area contributed by atoms with Gasteiger partial charge in [-0.3, -0.25) is 9.48 Å². The van der Waals surface area contributed by atoms with Gasteiger partial charge in [0.1, 0.15) is 0 Å². The molecule has 3 heterocycles. The molecule has 1 saturated heterocycles. The van der Waals surface area contributed by atoms with Crippen molar-refractivity contribution in [1.29, 1.82) is 0 Å². The summed E-state index contributed by atoms with van der Waals surface area (Å²) in [4.78, 5) is 19.2. The lowest BCUT2D eigenvalue weighted by atomic mass is 10.1. The van der Waals surface area contributed by atoms with E-state index in [0.29, 0.717) is 31.1 Å². The van der Waals surface area contributed by atoms with E-state index in [9.17, 15) is 4.79 Å². The van der Waals surface area contributed by atoms with Crippen LogP contribution in [-0.4, -0.2) is 43.3 Å². The predicted molar refractivity (Wildman–Crippen MR) is 104 cm³/mol. The Hall–Kier alpha value is -2.96. The zero-order chi connectivity index (χ0) is 19.3. The molecule has 0 saturated carbocycles. The third-order valence-electron chi connectivity index (χ3n) is 5.20. The second-order valence-electron chi connectivity index (χ2n) is 7.33. The summed E-state index contributed by atoms with van der Waals surface area (Å²) >= 11 is 0. The maximum atomic E-state index is 12.7. The minimum absolute atomic E-state index is 0.203. The van der Waals surface area contributed by atoms with E-state index in [2.05, 4.69) is 15.2 Å². The normalized spacial score (nSPS) is 16.6. The third-order valence-corrected chi connectivity index (χ3v) is 5.20. The summed E-state index contributed by atoms with van der Waals surface area (Å²) < 4.78 is 7.21. The zero-order valence-corrected chi connectivity index (χ0v) is 16.1. The number of hydrogen-bond donors (Lipinski definition) is 0. The molecule has 1 aliphatic heterocycles. The first-order valence-corrected chi connectivity index (χ1v) is 9.85. The van der Waals surface area contributed by atoms with E-state index in [0.717, 1.165) is 36.9 Å². The van der Waals surface area contributed by atoms with Crippen LogP contribution in [-0.2, 0) is 17.8 Å². The summed E-state index contributed by atoms with van der Waals surface area (Å²) in [5.74, 6) is 1.45. The SMILES string of the molecule is Cc1cnn(CCC(=O)N2CCCC2CCc2noc(-c3ccccc3)n2)c1. The zero-order valence-electron chi connectivity index (χ0n) is 16.1. The van der Waals surface area contributed by atoms with Gasteiger partial charge in [-0.1, -0.05) is 23.4 Å². The molecule has 146 valence electrons. The highest BCUT2D eigenvalue weighted by Gasteiger charge is 2.28. The first-order chi connectivity index (χ1) is 13.7. The van der Waals surface area contributed by atoms with Crippen molar-refractivity contribution in [2.24, 2.45) is 0 Å². The van der Waals surface area contributed by atoms with Gasteiger partial charge in [0.25, 0.3) is 5.89 Å². The van der Waals surface area contributed by atoms with Gasteiger partial charge in [0.05, 0.1) is 6.20 Å². The molecule has 0 radical (unpaired) electrons. The van der Waals surface area contributed by atoms with Crippen LogP contribution in [0.25, 0.3) is 11.5 Å². The van der Waals surface area contributed by atoms with Crippen molar-refractivity contribution in [2.75, 3.05) is 6.54 Å². The third kappa shape index (κ3) is 4.30. The smallest absolute Gasteiger partial charge is 0.257 e. The Bertz CT molecular complexity index is 918. The minimum atomic E-state index is 0.203. The van der Waals surface area contributed by atoms with E-state index >= 15 is 0 Å². The van der Waals surface area contributed by atoms with Crippen LogP contribution in [0.3, 0.4) is 0 Å². The second-order valence-corrected chi connectivity index (χ2v) is 7.33. The van der Waals surface area contributed by atoms with Crippen molar-refractivity contribution in [3.8, 4) is 11.5 Å². The Morgan fingerprint density at radius 1 is 1.29 bits per heavy atom. The highest BCUT2D eigenvalue weighted by Crippen LogP contribution is 2.23. The molecule has 0 N–H and O–H groups in total. The van der Waals surface area contributed by atoms with Gasteiger partial charge in [-0.2, -0.15) is 10.1 Å². The maximum Gasteiger partial charge on any atom is 0.257 e. The van der Waals surface area contributed by atoms with E-state index in [4.69, 9.17) is 4.52 Å². The molecule has 0 aliphatic carbocycles. The summed E-state index contributed by atoms with van der Waals surface area (Å²) in [5.41, 5.74) is 2.04. The summed E-state index contributed by atoms with van der Waals surface area (Å²) in [6.45, 7) is 3.47. The van der Waals surface area contributed by atoms with E-state index in [-0.39, 0.29) is 11.9 Å². The molecule has 3 aromatic rings. The number of carbonyl (C=O) groups is 1. The van der Waals surface area contributed by atoms with Crippen LogP contribution >= 0.6 is 0 Å². The van der Waals surface area contributed by atoms with Crippen molar-refractivity contribution in [3.63, 3.8) is 0 Å². The number of hydrogen-bond acceptors (Lipinski definition) is 5. The molecule has 1 unspecified atom stereocenters. The molecular formula is C21H25N5O2. The largest absolute Gasteiger partial charge is 0.340 e. The number of carbonyl (C=O) groups excluding carboxylic acids is 1. The van der Waals surface area contributed by atoms with Crippen LogP contribution in [0.4, 0.5) is 0 Å². The first-order valence-electron chi connectivity index (χ1n) is 9.85. The number of rotatable bonds is 7. The first kappa shape index (κ1) is 18.4. The van der Waals surface area contributed by atoms with Gasteiger partial charge in [-0.05, 0) is 43.9 Å². The van der Waals surface area contributed by atoms with E-state index in [1.807, 2.05) is 59.2 Å². The molecule has 7 heteroatoms. The lowest BCUT2D eigenvalue weighted by Gasteiger charge is -2.24. The number of benzene rings is 1. The Kier molecular flexibility index (Phi) is 5.50. The molecule has 1 fully saturated rings. The van der Waals surface area contributed by atoms with Crippen molar-refractivity contribution >= 4 is 5.91 Å². The minimum Gasteiger partial charge on any atom is -0.340 e. The number of aryl methyl sites for hydroxylation is 3. The molecule has 4 rings (SSSR count). The number of aromatic nitrogens is 4. The van der Waals surface area contributed by atoms with E-state index < -0.39 is 0 Å². The fraction of sp³-hybridized carbons (Fsp3) is 0.429. The van der Waals surface area contributed by atoms with Crippen LogP contribution < -0.4 is 0 Å². The topological polar surface area (TPSA) is 77.0 Å². The predicted octanol–water partition coefficient (Wildman–Crippen LogP) is 3.26. The Labute approximate surface area is 164 Å². The summed E-state index contributed by atoms with van der Waals surface area (Å²) in [6, 6.07) is 10.0. The van der Waals surface area contributed by atoms with Crippen LogP contribution in [0.2, 0.25) is 0 Å². The number of amides is 1. The van der Waals surface area contributed by atoms with Crippen LogP contribution in [0.15, 0.2) is 47.2 Å². The van der Waals surface area contributed by atoms with Gasteiger partial charge >= 0.3 is 0 Å². The lowest BCUT2D eigenvalue weighted by molar-refractivity contribution is -0.132. The number of likely N-dealkylation sites (tertiary alicyclic amines) is 1. The van der Waals surface area contributed by atoms with Crippen molar-refractivity contribution in [1.82, 2.24) is 24.8 Å². The Morgan fingerprint density at radius 2 is 2.14 bits per heavy atom. The molecule has 1 atom stereocenters. The quantitative estimate of drug-likeness (QED) is 0.630. The van der Waals surface area contributed by atoms with Crippen molar-refractivity contribution in [3.05, 3.63) is 54.1 Å². The highest BCUT2D eigenvalue weighted by atomic mass is 16.5. The molecule has 0 spiro atoms. The van der Waals surface area contributed by atoms with Gasteiger partial charge < -0.3 is 9.42 Å². The number of nitrogens with zero attached hydrogens (tertiary/aromatic N) is 5. The summed E-state index contributed by atoms with van der Waals surface area (Å²) in [7, 11) is 0. The van der Waals surface area contributed by atoms with Gasteiger partial charge in [0.15, 0.2) is 5.82 Å². The van der Waals surface area contributed by atoms with Gasteiger partial charge in [0.2, 0.25) is 5.91 Å². The van der Waals surface area contributed by atoms with E-state index in [1.54, 1.807) is 0 Å². The van der Waals surface area contributed by atoms with E-state index in [1.165, 1.54) is 0 Å². The van der Waals surface area contributed by atoms with Gasteiger partial charge in [0, 0.05) is 43.7 Å². The fourth-order valence-corrected chi connectivity index (χ4v) is 3.76. The molecule has 1 aromatic carbocycles. The lowest BCUT2D eigenvalue weighted by Crippen LogP contribution is -2.36.